The number of hydrogen-bond acceptors (Lipinski definition) is 3. The number of benzene rings is 2. The Morgan fingerprint density at radius 3 is 2.00 bits per heavy atom. The van der Waals surface area contributed by atoms with Gasteiger partial charge in [-0.15, -0.1) is 0 Å². The monoisotopic (exact) mass is 270 g/mol. The van der Waals surface area contributed by atoms with Crippen molar-refractivity contribution in [2.45, 2.75) is 0 Å². The molecule has 0 aliphatic carbocycles. The summed E-state index contributed by atoms with van der Waals surface area (Å²) in [4.78, 5) is 22.9. The van der Waals surface area contributed by atoms with Gasteiger partial charge < -0.3 is 15.8 Å². The molecule has 0 atom stereocenters. The molecule has 0 bridgehead atoms. The molecule has 5 heteroatoms. The summed E-state index contributed by atoms with van der Waals surface area (Å²) in [6, 6.07) is 13.1. The Kier molecular flexibility index (Phi) is 4.00. The first-order chi connectivity index (χ1) is 9.60. The molecule has 2 aromatic rings. The number of anilines is 1. The van der Waals surface area contributed by atoms with Gasteiger partial charge in [0.05, 0.1) is 7.11 Å². The predicted octanol–water partition coefficient (Wildman–Crippen LogP) is 2.05. The number of nitrogens with two attached hydrogens (primary N) is 1. The second-order valence-electron chi connectivity index (χ2n) is 4.12. The lowest BCUT2D eigenvalue weighted by Gasteiger charge is -2.06. The second kappa shape index (κ2) is 5.88. The van der Waals surface area contributed by atoms with E-state index in [-0.39, 0.29) is 5.91 Å². The summed E-state index contributed by atoms with van der Waals surface area (Å²) >= 11 is 0. The lowest BCUT2D eigenvalue weighted by molar-refractivity contribution is 0.0995. The SMILES string of the molecule is COc1ccc(NC(=O)c2ccc(C(N)=O)cc2)cc1. The molecule has 0 aromatic heterocycles. The Morgan fingerprint density at radius 1 is 0.950 bits per heavy atom. The van der Waals surface area contributed by atoms with Crippen molar-refractivity contribution in [2.75, 3.05) is 12.4 Å². The third-order valence-corrected chi connectivity index (χ3v) is 2.78. The summed E-state index contributed by atoms with van der Waals surface area (Å²) in [5.41, 5.74) is 6.62. The lowest BCUT2D eigenvalue weighted by Crippen LogP contribution is -2.14. The van der Waals surface area contributed by atoms with Gasteiger partial charge in [-0.05, 0) is 48.5 Å². The van der Waals surface area contributed by atoms with Crippen LogP contribution < -0.4 is 15.8 Å². The first-order valence-electron chi connectivity index (χ1n) is 5.95. The molecule has 0 aliphatic rings. The van der Waals surface area contributed by atoms with Gasteiger partial charge in [-0.1, -0.05) is 0 Å². The predicted molar refractivity (Wildman–Crippen MR) is 75.9 cm³/mol. The van der Waals surface area contributed by atoms with Gasteiger partial charge in [0.1, 0.15) is 5.75 Å². The number of nitrogens with one attached hydrogen (secondary N) is 1. The Balaban J connectivity index is 2.08. The highest BCUT2D eigenvalue weighted by Gasteiger charge is 2.07. The van der Waals surface area contributed by atoms with Gasteiger partial charge in [-0.3, -0.25) is 9.59 Å². The number of primary amides is 1. The Labute approximate surface area is 116 Å². The standard InChI is InChI=1S/C15H14N2O3/c1-20-13-8-6-12(7-9-13)17-15(19)11-4-2-10(3-5-11)14(16)18/h2-9H,1H3,(H2,16,18)(H,17,19). The minimum Gasteiger partial charge on any atom is -0.497 e. The van der Waals surface area contributed by atoms with Crippen LogP contribution in [0.2, 0.25) is 0 Å². The number of methoxy groups -OCH3 is 1. The van der Waals surface area contributed by atoms with E-state index in [4.69, 9.17) is 10.5 Å². The molecule has 2 amide bonds. The molecule has 20 heavy (non-hydrogen) atoms. The Morgan fingerprint density at radius 2 is 1.50 bits per heavy atom. The summed E-state index contributed by atoms with van der Waals surface area (Å²) in [6.07, 6.45) is 0. The molecule has 0 saturated carbocycles. The molecule has 0 saturated heterocycles. The highest BCUT2D eigenvalue weighted by molar-refractivity contribution is 6.05. The fourth-order valence-corrected chi connectivity index (χ4v) is 1.66. The van der Waals surface area contributed by atoms with Crippen molar-refractivity contribution in [1.82, 2.24) is 0 Å². The summed E-state index contributed by atoms with van der Waals surface area (Å²) in [5, 5.41) is 2.75. The van der Waals surface area contributed by atoms with Crippen LogP contribution in [-0.4, -0.2) is 18.9 Å². The van der Waals surface area contributed by atoms with Crippen LogP contribution in [0.15, 0.2) is 48.5 Å². The van der Waals surface area contributed by atoms with Crippen LogP contribution in [-0.2, 0) is 0 Å². The fraction of sp³-hybridized carbons (Fsp3) is 0.0667. The molecule has 0 spiro atoms. The number of carbonyl (C=O) groups excluding carboxylic acids is 2. The lowest BCUT2D eigenvalue weighted by atomic mass is 10.1. The van der Waals surface area contributed by atoms with E-state index in [1.165, 1.54) is 12.1 Å². The van der Waals surface area contributed by atoms with E-state index in [1.807, 2.05) is 0 Å². The molecule has 2 rings (SSSR count). The van der Waals surface area contributed by atoms with Gasteiger partial charge in [0.15, 0.2) is 0 Å². The molecule has 0 aliphatic heterocycles. The van der Waals surface area contributed by atoms with Crippen molar-refractivity contribution in [3.8, 4) is 5.75 Å². The number of carbonyl (C=O) groups is 2. The number of hydrogen-bond donors (Lipinski definition) is 2. The fourth-order valence-electron chi connectivity index (χ4n) is 1.66. The zero-order valence-electron chi connectivity index (χ0n) is 10.9. The van der Waals surface area contributed by atoms with Gasteiger partial charge in [-0.2, -0.15) is 0 Å². The van der Waals surface area contributed by atoms with Crippen molar-refractivity contribution in [2.24, 2.45) is 5.73 Å². The van der Waals surface area contributed by atoms with Crippen LogP contribution in [0.1, 0.15) is 20.7 Å². The van der Waals surface area contributed by atoms with Crippen LogP contribution in [0.25, 0.3) is 0 Å². The van der Waals surface area contributed by atoms with Crippen LogP contribution >= 0.6 is 0 Å². The molecule has 5 nitrogen and oxygen atoms in total. The van der Waals surface area contributed by atoms with E-state index >= 15 is 0 Å². The number of ether oxygens (including phenoxy) is 1. The first-order valence-corrected chi connectivity index (χ1v) is 5.95. The van der Waals surface area contributed by atoms with Crippen molar-refractivity contribution in [1.29, 1.82) is 0 Å². The molecular weight excluding hydrogens is 256 g/mol. The highest BCUT2D eigenvalue weighted by atomic mass is 16.5. The minimum absolute atomic E-state index is 0.258. The minimum atomic E-state index is -0.521. The van der Waals surface area contributed by atoms with Crippen LogP contribution in [0, 0.1) is 0 Å². The topological polar surface area (TPSA) is 81.4 Å². The van der Waals surface area contributed by atoms with E-state index < -0.39 is 5.91 Å². The summed E-state index contributed by atoms with van der Waals surface area (Å²) < 4.78 is 5.04. The maximum atomic E-state index is 12.0. The summed E-state index contributed by atoms with van der Waals surface area (Å²) in [5.74, 6) is -0.0629. The van der Waals surface area contributed by atoms with Gasteiger partial charge >= 0.3 is 0 Å². The average Bonchev–Trinajstić information content (AvgIpc) is 2.48. The van der Waals surface area contributed by atoms with Gasteiger partial charge in [0.2, 0.25) is 5.91 Å². The van der Waals surface area contributed by atoms with Gasteiger partial charge in [-0.25, -0.2) is 0 Å². The van der Waals surface area contributed by atoms with Crippen molar-refractivity contribution < 1.29 is 14.3 Å². The molecule has 0 heterocycles. The maximum Gasteiger partial charge on any atom is 0.255 e. The third kappa shape index (κ3) is 3.14. The maximum absolute atomic E-state index is 12.0. The highest BCUT2D eigenvalue weighted by Crippen LogP contribution is 2.16. The smallest absolute Gasteiger partial charge is 0.255 e. The molecule has 3 N–H and O–H groups in total. The molecule has 0 radical (unpaired) electrons. The quantitative estimate of drug-likeness (QED) is 0.892. The molecule has 102 valence electrons. The van der Waals surface area contributed by atoms with Crippen molar-refractivity contribution in [3.63, 3.8) is 0 Å². The van der Waals surface area contributed by atoms with E-state index in [2.05, 4.69) is 5.32 Å². The molecular formula is C15H14N2O3. The Bertz CT molecular complexity index is 619. The van der Waals surface area contributed by atoms with E-state index in [1.54, 1.807) is 43.5 Å². The largest absolute Gasteiger partial charge is 0.497 e. The molecule has 0 unspecified atom stereocenters. The molecule has 0 fully saturated rings. The van der Waals surface area contributed by atoms with Gasteiger partial charge in [0.25, 0.3) is 5.91 Å². The number of rotatable bonds is 4. The van der Waals surface area contributed by atoms with Crippen LogP contribution in [0.5, 0.6) is 5.75 Å². The van der Waals surface area contributed by atoms with Crippen molar-refractivity contribution in [3.05, 3.63) is 59.7 Å². The summed E-state index contributed by atoms with van der Waals surface area (Å²) in [7, 11) is 1.58. The first kappa shape index (κ1) is 13.6. The normalized spacial score (nSPS) is 9.85. The summed E-state index contributed by atoms with van der Waals surface area (Å²) in [6.45, 7) is 0. The van der Waals surface area contributed by atoms with E-state index in [9.17, 15) is 9.59 Å². The van der Waals surface area contributed by atoms with E-state index in [0.29, 0.717) is 22.6 Å². The van der Waals surface area contributed by atoms with Crippen molar-refractivity contribution >= 4 is 17.5 Å². The Hall–Kier alpha value is -2.82. The van der Waals surface area contributed by atoms with Crippen LogP contribution in [0.3, 0.4) is 0 Å². The number of amides is 2. The zero-order chi connectivity index (χ0) is 14.5. The molecule has 2 aromatic carbocycles. The second-order valence-corrected chi connectivity index (χ2v) is 4.12. The van der Waals surface area contributed by atoms with E-state index in [0.717, 1.165) is 0 Å². The average molecular weight is 270 g/mol. The van der Waals surface area contributed by atoms with Crippen LogP contribution in [0.4, 0.5) is 5.69 Å². The zero-order valence-corrected chi connectivity index (χ0v) is 10.9. The third-order valence-electron chi connectivity index (χ3n) is 2.78. The van der Waals surface area contributed by atoms with Gasteiger partial charge in [0, 0.05) is 16.8 Å².